The summed E-state index contributed by atoms with van der Waals surface area (Å²) in [6, 6.07) is 11.3. The third-order valence-corrected chi connectivity index (χ3v) is 4.88. The predicted molar refractivity (Wildman–Crippen MR) is 101 cm³/mol. The first kappa shape index (κ1) is 19.0. The lowest BCUT2D eigenvalue weighted by atomic mass is 10.1. The molecule has 6 heteroatoms. The fraction of sp³-hybridized carbons (Fsp3) is 0.263. The Balaban J connectivity index is 1.81. The second kappa shape index (κ2) is 8.67. The summed E-state index contributed by atoms with van der Waals surface area (Å²) in [7, 11) is 0. The van der Waals surface area contributed by atoms with E-state index in [1.165, 1.54) is 36.0 Å². The standard InChI is InChI=1S/C19H21FN2O2S/c1-12-4-7-17(10-13(12)2)22-19(24)14(3)25-11-18(23)21-16-8-5-15(20)6-9-16/h4-10,14H,11H2,1-3H3,(H,21,23)(H,22,24). The largest absolute Gasteiger partial charge is 0.325 e. The van der Waals surface area contributed by atoms with Gasteiger partial charge in [-0.1, -0.05) is 6.07 Å². The van der Waals surface area contributed by atoms with Crippen molar-refractivity contribution < 1.29 is 14.0 Å². The van der Waals surface area contributed by atoms with Gasteiger partial charge in [-0.15, -0.1) is 11.8 Å². The van der Waals surface area contributed by atoms with Crippen LogP contribution in [-0.4, -0.2) is 22.8 Å². The van der Waals surface area contributed by atoms with Crippen LogP contribution in [0, 0.1) is 19.7 Å². The quantitative estimate of drug-likeness (QED) is 0.814. The SMILES string of the molecule is Cc1ccc(NC(=O)C(C)SCC(=O)Nc2ccc(F)cc2)cc1C. The van der Waals surface area contributed by atoms with Crippen molar-refractivity contribution in [1.82, 2.24) is 0 Å². The first-order chi connectivity index (χ1) is 11.8. The number of amides is 2. The number of hydrogen-bond donors (Lipinski definition) is 2. The minimum atomic E-state index is -0.374. The smallest absolute Gasteiger partial charge is 0.237 e. The number of anilines is 2. The lowest BCUT2D eigenvalue weighted by Crippen LogP contribution is -2.25. The lowest BCUT2D eigenvalue weighted by molar-refractivity contribution is -0.115. The van der Waals surface area contributed by atoms with Crippen molar-refractivity contribution in [3.05, 3.63) is 59.4 Å². The number of aryl methyl sites for hydroxylation is 2. The van der Waals surface area contributed by atoms with Crippen molar-refractivity contribution in [2.24, 2.45) is 0 Å². The molecule has 1 unspecified atom stereocenters. The lowest BCUT2D eigenvalue weighted by Gasteiger charge is -2.13. The van der Waals surface area contributed by atoms with Crippen LogP contribution in [-0.2, 0) is 9.59 Å². The van der Waals surface area contributed by atoms with Crippen molar-refractivity contribution in [2.45, 2.75) is 26.0 Å². The van der Waals surface area contributed by atoms with Crippen LogP contribution in [0.2, 0.25) is 0 Å². The summed E-state index contributed by atoms with van der Waals surface area (Å²) in [5.41, 5.74) is 3.55. The van der Waals surface area contributed by atoms with Crippen LogP contribution >= 0.6 is 11.8 Å². The summed E-state index contributed by atoms with van der Waals surface area (Å²) >= 11 is 1.24. The highest BCUT2D eigenvalue weighted by atomic mass is 32.2. The Kier molecular flexibility index (Phi) is 6.58. The molecule has 0 aliphatic carbocycles. The third-order valence-electron chi connectivity index (χ3n) is 3.74. The summed E-state index contributed by atoms with van der Waals surface area (Å²) in [4.78, 5) is 24.1. The molecule has 0 saturated carbocycles. The van der Waals surface area contributed by atoms with Gasteiger partial charge in [-0.05, 0) is 68.3 Å². The summed E-state index contributed by atoms with van der Waals surface area (Å²) in [5, 5.41) is 5.15. The van der Waals surface area contributed by atoms with Crippen LogP contribution in [0.15, 0.2) is 42.5 Å². The van der Waals surface area contributed by atoms with Gasteiger partial charge in [0.2, 0.25) is 11.8 Å². The number of thioether (sulfide) groups is 1. The van der Waals surface area contributed by atoms with E-state index in [2.05, 4.69) is 10.6 Å². The van der Waals surface area contributed by atoms with Gasteiger partial charge in [0.15, 0.2) is 0 Å². The Morgan fingerprint density at radius 3 is 2.28 bits per heavy atom. The molecule has 0 aliphatic rings. The molecule has 0 aromatic heterocycles. The number of carbonyl (C=O) groups excluding carboxylic acids is 2. The molecule has 2 aromatic rings. The molecule has 0 bridgehead atoms. The van der Waals surface area contributed by atoms with Crippen molar-refractivity contribution >= 4 is 35.0 Å². The number of rotatable bonds is 6. The summed E-state index contributed by atoms with van der Waals surface area (Å²) in [6.07, 6.45) is 0. The Morgan fingerprint density at radius 2 is 1.64 bits per heavy atom. The molecule has 2 amide bonds. The van der Waals surface area contributed by atoms with Gasteiger partial charge in [0.1, 0.15) is 5.82 Å². The summed E-state index contributed by atoms with van der Waals surface area (Å²) in [5.74, 6) is -0.604. The van der Waals surface area contributed by atoms with Crippen LogP contribution in [0.25, 0.3) is 0 Å². The molecule has 0 heterocycles. The van der Waals surface area contributed by atoms with Gasteiger partial charge in [-0.3, -0.25) is 9.59 Å². The molecule has 2 aromatic carbocycles. The molecule has 2 N–H and O–H groups in total. The monoisotopic (exact) mass is 360 g/mol. The van der Waals surface area contributed by atoms with Crippen LogP contribution in [0.1, 0.15) is 18.1 Å². The molecule has 1 atom stereocenters. The van der Waals surface area contributed by atoms with Crippen molar-refractivity contribution in [3.63, 3.8) is 0 Å². The van der Waals surface area contributed by atoms with Gasteiger partial charge in [0.05, 0.1) is 11.0 Å². The zero-order valence-corrected chi connectivity index (χ0v) is 15.2. The average Bonchev–Trinajstić information content (AvgIpc) is 2.58. The zero-order valence-electron chi connectivity index (χ0n) is 14.4. The Bertz CT molecular complexity index is 763. The van der Waals surface area contributed by atoms with Gasteiger partial charge in [0.25, 0.3) is 0 Å². The molecule has 132 valence electrons. The van der Waals surface area contributed by atoms with E-state index in [1.54, 1.807) is 6.92 Å². The summed E-state index contributed by atoms with van der Waals surface area (Å²) in [6.45, 7) is 5.76. The number of halogens is 1. The van der Waals surface area contributed by atoms with Crippen LogP contribution in [0.4, 0.5) is 15.8 Å². The first-order valence-electron chi connectivity index (χ1n) is 7.90. The van der Waals surface area contributed by atoms with Gasteiger partial charge < -0.3 is 10.6 Å². The minimum Gasteiger partial charge on any atom is -0.325 e. The highest BCUT2D eigenvalue weighted by Gasteiger charge is 2.15. The predicted octanol–water partition coefficient (Wildman–Crippen LogP) is 4.14. The Morgan fingerprint density at radius 1 is 1.00 bits per heavy atom. The van der Waals surface area contributed by atoms with Crippen molar-refractivity contribution in [2.75, 3.05) is 16.4 Å². The van der Waals surface area contributed by atoms with E-state index in [9.17, 15) is 14.0 Å². The second-order valence-electron chi connectivity index (χ2n) is 5.80. The van der Waals surface area contributed by atoms with Gasteiger partial charge in [0, 0.05) is 11.4 Å². The van der Waals surface area contributed by atoms with Crippen molar-refractivity contribution in [1.29, 1.82) is 0 Å². The number of carbonyl (C=O) groups is 2. The van der Waals surface area contributed by atoms with E-state index in [1.807, 2.05) is 32.0 Å². The summed E-state index contributed by atoms with van der Waals surface area (Å²) < 4.78 is 12.8. The molecule has 0 radical (unpaired) electrons. The topological polar surface area (TPSA) is 58.2 Å². The van der Waals surface area contributed by atoms with E-state index >= 15 is 0 Å². The number of benzene rings is 2. The molecule has 2 rings (SSSR count). The minimum absolute atomic E-state index is 0.138. The molecule has 25 heavy (non-hydrogen) atoms. The molecule has 0 aliphatic heterocycles. The number of nitrogens with one attached hydrogen (secondary N) is 2. The van der Waals surface area contributed by atoms with Gasteiger partial charge >= 0.3 is 0 Å². The molecule has 0 saturated heterocycles. The second-order valence-corrected chi connectivity index (χ2v) is 7.13. The van der Waals surface area contributed by atoms with Crippen LogP contribution in [0.5, 0.6) is 0 Å². The average molecular weight is 360 g/mol. The van der Waals surface area contributed by atoms with E-state index < -0.39 is 0 Å². The fourth-order valence-electron chi connectivity index (χ4n) is 2.07. The molecular formula is C19H21FN2O2S. The fourth-order valence-corrected chi connectivity index (χ4v) is 2.75. The molecular weight excluding hydrogens is 339 g/mol. The maximum absolute atomic E-state index is 12.8. The van der Waals surface area contributed by atoms with Crippen LogP contribution in [0.3, 0.4) is 0 Å². The highest BCUT2D eigenvalue weighted by molar-refractivity contribution is 8.01. The maximum Gasteiger partial charge on any atom is 0.237 e. The normalized spacial score (nSPS) is 11.7. The molecule has 0 fully saturated rings. The zero-order chi connectivity index (χ0) is 18.4. The van der Waals surface area contributed by atoms with E-state index in [0.29, 0.717) is 5.69 Å². The molecule has 4 nitrogen and oxygen atoms in total. The highest BCUT2D eigenvalue weighted by Crippen LogP contribution is 2.18. The number of hydrogen-bond acceptors (Lipinski definition) is 3. The van der Waals surface area contributed by atoms with Gasteiger partial charge in [-0.2, -0.15) is 0 Å². The van der Waals surface area contributed by atoms with E-state index in [0.717, 1.165) is 16.8 Å². The Hall–Kier alpha value is -2.34. The van der Waals surface area contributed by atoms with E-state index in [-0.39, 0.29) is 28.6 Å². The molecule has 0 spiro atoms. The maximum atomic E-state index is 12.8. The Labute approximate surface area is 151 Å². The van der Waals surface area contributed by atoms with Gasteiger partial charge in [-0.25, -0.2) is 4.39 Å². The van der Waals surface area contributed by atoms with Crippen LogP contribution < -0.4 is 10.6 Å². The van der Waals surface area contributed by atoms with E-state index in [4.69, 9.17) is 0 Å². The van der Waals surface area contributed by atoms with Crippen molar-refractivity contribution in [3.8, 4) is 0 Å². The first-order valence-corrected chi connectivity index (χ1v) is 8.95. The third kappa shape index (κ3) is 5.90.